The number of ketones is 1. The molecule has 6 nitrogen and oxygen atoms in total. The van der Waals surface area contributed by atoms with Gasteiger partial charge in [-0.05, 0) is 19.9 Å². The second-order valence-electron chi connectivity index (χ2n) is 4.94. The van der Waals surface area contributed by atoms with Gasteiger partial charge in [0, 0.05) is 5.56 Å². The van der Waals surface area contributed by atoms with Gasteiger partial charge in [0.15, 0.2) is 0 Å². The van der Waals surface area contributed by atoms with Crippen molar-refractivity contribution in [3.05, 3.63) is 29.8 Å². The van der Waals surface area contributed by atoms with Gasteiger partial charge in [-0.3, -0.25) is 9.59 Å². The van der Waals surface area contributed by atoms with Crippen LogP contribution in [0, 0.1) is 0 Å². The number of hydrogen-bond acceptors (Lipinski definition) is 5. The topological polar surface area (TPSA) is 89.9 Å². The third-order valence-corrected chi connectivity index (χ3v) is 4.15. The fourth-order valence-electron chi connectivity index (χ4n) is 2.02. The molecule has 0 aromatic heterocycles. The summed E-state index contributed by atoms with van der Waals surface area (Å²) in [5.74, 6) is -1.05. The average molecular weight is 309 g/mol. The first-order chi connectivity index (χ1) is 9.79. The van der Waals surface area contributed by atoms with Crippen LogP contribution in [0.5, 0.6) is 0 Å². The van der Waals surface area contributed by atoms with E-state index in [1.807, 2.05) is 0 Å². The van der Waals surface area contributed by atoms with Crippen LogP contribution in [0.1, 0.15) is 32.3 Å². The first-order valence-electron chi connectivity index (χ1n) is 6.44. The lowest BCUT2D eigenvalue weighted by Crippen LogP contribution is -2.17. The number of sulfonamides is 1. The zero-order chi connectivity index (χ0) is 15.6. The number of nitrogens with zero attached hydrogens (tertiary/aromatic N) is 1. The molecule has 0 saturated heterocycles. The highest BCUT2D eigenvalue weighted by atomic mass is 32.2. The largest absolute Gasteiger partial charge is 0.463 e. The minimum atomic E-state index is -3.73. The fourth-order valence-corrected chi connectivity index (χ4v) is 3.28. The van der Waals surface area contributed by atoms with E-state index >= 15 is 0 Å². The van der Waals surface area contributed by atoms with E-state index in [0.717, 1.165) is 0 Å². The van der Waals surface area contributed by atoms with Gasteiger partial charge in [0.05, 0.1) is 23.1 Å². The van der Waals surface area contributed by atoms with Crippen molar-refractivity contribution in [3.8, 4) is 0 Å². The van der Waals surface area contributed by atoms with Crippen LogP contribution in [0.4, 0.5) is 0 Å². The second kappa shape index (κ2) is 5.77. The molecule has 1 heterocycles. The Balaban J connectivity index is 2.11. The number of benzene rings is 1. The lowest BCUT2D eigenvalue weighted by molar-refractivity contribution is -0.149. The van der Waals surface area contributed by atoms with E-state index in [9.17, 15) is 18.0 Å². The van der Waals surface area contributed by atoms with Gasteiger partial charge in [-0.1, -0.05) is 18.2 Å². The third kappa shape index (κ3) is 3.55. The Morgan fingerprint density at radius 1 is 1.24 bits per heavy atom. The predicted octanol–water partition coefficient (Wildman–Crippen LogP) is 1.48. The van der Waals surface area contributed by atoms with Crippen molar-refractivity contribution in [1.82, 2.24) is 0 Å². The normalized spacial score (nSPS) is 15.5. The Morgan fingerprint density at radius 2 is 1.90 bits per heavy atom. The van der Waals surface area contributed by atoms with Gasteiger partial charge in [-0.25, -0.2) is 0 Å². The van der Waals surface area contributed by atoms with Crippen molar-refractivity contribution in [2.75, 3.05) is 0 Å². The summed E-state index contributed by atoms with van der Waals surface area (Å²) in [6, 6.07) is 6.31. The van der Waals surface area contributed by atoms with E-state index in [1.54, 1.807) is 32.0 Å². The summed E-state index contributed by atoms with van der Waals surface area (Å²) in [4.78, 5) is 23.3. The van der Waals surface area contributed by atoms with Gasteiger partial charge in [-0.2, -0.15) is 12.8 Å². The lowest BCUT2D eigenvalue weighted by Gasteiger charge is -2.07. The molecule has 1 aromatic rings. The smallest absolute Gasteiger partial charge is 0.313 e. The van der Waals surface area contributed by atoms with Crippen LogP contribution in [-0.2, 0) is 24.3 Å². The predicted molar refractivity (Wildman–Crippen MR) is 75.6 cm³/mol. The molecule has 0 N–H and O–H groups in total. The minimum Gasteiger partial charge on any atom is -0.463 e. The monoisotopic (exact) mass is 309 g/mol. The van der Waals surface area contributed by atoms with Crippen LogP contribution in [0.25, 0.3) is 0 Å². The summed E-state index contributed by atoms with van der Waals surface area (Å²) in [5, 5.41) is 0. The molecular weight excluding hydrogens is 294 g/mol. The summed E-state index contributed by atoms with van der Waals surface area (Å²) in [6.45, 7) is 3.37. The number of carbonyl (C=O) groups excluding carboxylic acids is 2. The standard InChI is InChI=1S/C14H15NO5S/c1-9(2)20-14(17)8-10(16)7-12-11-5-3-4-6-13(11)21(18,19)15-12/h3-6,9H,7-8H2,1-2H3. The van der Waals surface area contributed by atoms with Crippen molar-refractivity contribution in [2.24, 2.45) is 4.40 Å². The van der Waals surface area contributed by atoms with Crippen LogP contribution in [0.15, 0.2) is 33.6 Å². The third-order valence-electron chi connectivity index (χ3n) is 2.78. The van der Waals surface area contributed by atoms with Crippen LogP contribution in [-0.4, -0.2) is 32.0 Å². The molecule has 112 valence electrons. The van der Waals surface area contributed by atoms with Crippen molar-refractivity contribution < 1.29 is 22.7 Å². The number of ether oxygens (including phenoxy) is 1. The maximum Gasteiger partial charge on any atom is 0.313 e. The number of fused-ring (bicyclic) bond motifs is 1. The van der Waals surface area contributed by atoms with Gasteiger partial charge in [-0.15, -0.1) is 0 Å². The highest BCUT2D eigenvalue weighted by Gasteiger charge is 2.29. The van der Waals surface area contributed by atoms with Gasteiger partial charge in [0.25, 0.3) is 10.0 Å². The molecule has 1 aromatic carbocycles. The molecule has 2 rings (SSSR count). The lowest BCUT2D eigenvalue weighted by atomic mass is 10.0. The zero-order valence-corrected chi connectivity index (χ0v) is 12.5. The molecule has 1 aliphatic rings. The maximum absolute atomic E-state index is 11.8. The highest BCUT2D eigenvalue weighted by molar-refractivity contribution is 7.90. The van der Waals surface area contributed by atoms with E-state index < -0.39 is 21.8 Å². The number of esters is 1. The van der Waals surface area contributed by atoms with Crippen molar-refractivity contribution in [1.29, 1.82) is 0 Å². The average Bonchev–Trinajstić information content (AvgIpc) is 2.60. The van der Waals surface area contributed by atoms with E-state index in [-0.39, 0.29) is 29.6 Å². The summed E-state index contributed by atoms with van der Waals surface area (Å²) in [7, 11) is -3.73. The van der Waals surface area contributed by atoms with E-state index in [0.29, 0.717) is 5.56 Å². The van der Waals surface area contributed by atoms with Crippen LogP contribution in [0.3, 0.4) is 0 Å². The van der Waals surface area contributed by atoms with E-state index in [2.05, 4.69) is 4.40 Å². The molecule has 0 saturated carbocycles. The molecule has 21 heavy (non-hydrogen) atoms. The highest BCUT2D eigenvalue weighted by Crippen LogP contribution is 2.27. The number of rotatable bonds is 5. The molecular formula is C14H15NO5S. The molecule has 0 bridgehead atoms. The first-order valence-corrected chi connectivity index (χ1v) is 7.88. The van der Waals surface area contributed by atoms with E-state index in [4.69, 9.17) is 4.74 Å². The van der Waals surface area contributed by atoms with Crippen LogP contribution >= 0.6 is 0 Å². The summed E-state index contributed by atoms with van der Waals surface area (Å²) >= 11 is 0. The second-order valence-corrected chi connectivity index (χ2v) is 6.51. The van der Waals surface area contributed by atoms with Crippen molar-refractivity contribution in [3.63, 3.8) is 0 Å². The van der Waals surface area contributed by atoms with Gasteiger partial charge in [0.1, 0.15) is 12.2 Å². The molecule has 0 unspecified atom stereocenters. The zero-order valence-electron chi connectivity index (χ0n) is 11.7. The van der Waals surface area contributed by atoms with Crippen molar-refractivity contribution in [2.45, 2.75) is 37.7 Å². The molecule has 0 radical (unpaired) electrons. The SMILES string of the molecule is CC(C)OC(=O)CC(=O)CC1=NS(=O)(=O)c2ccccc21. The van der Waals surface area contributed by atoms with Gasteiger partial charge >= 0.3 is 5.97 Å². The molecule has 0 aliphatic carbocycles. The number of Topliss-reactive ketones (excluding diaryl/α,β-unsaturated/α-hetero) is 1. The quantitative estimate of drug-likeness (QED) is 0.607. The maximum atomic E-state index is 11.8. The Kier molecular flexibility index (Phi) is 4.22. The summed E-state index contributed by atoms with van der Waals surface area (Å²) in [6.07, 6.45) is -0.890. The fraction of sp³-hybridized carbons (Fsp3) is 0.357. The molecule has 0 spiro atoms. The summed E-state index contributed by atoms with van der Waals surface area (Å²) < 4.78 is 32.1. The first kappa shape index (κ1) is 15.4. The molecule has 0 fully saturated rings. The van der Waals surface area contributed by atoms with E-state index in [1.165, 1.54) is 6.07 Å². The van der Waals surface area contributed by atoms with Crippen molar-refractivity contribution >= 4 is 27.5 Å². The molecule has 1 aliphatic heterocycles. The van der Waals surface area contributed by atoms with Gasteiger partial charge < -0.3 is 4.74 Å². The molecule has 0 amide bonds. The van der Waals surface area contributed by atoms with Crippen LogP contribution < -0.4 is 0 Å². The minimum absolute atomic E-state index is 0.0950. The Hall–Kier alpha value is -2.02. The van der Waals surface area contributed by atoms with Gasteiger partial charge in [0.2, 0.25) is 0 Å². The number of hydrogen-bond donors (Lipinski definition) is 0. The molecule has 7 heteroatoms. The summed E-state index contributed by atoms with van der Waals surface area (Å²) in [5.41, 5.74) is 0.594. The number of carbonyl (C=O) groups is 2. The Morgan fingerprint density at radius 3 is 2.57 bits per heavy atom. The Labute approximate surface area is 122 Å². The molecule has 0 atom stereocenters. The Bertz CT molecular complexity index is 719. The van der Waals surface area contributed by atoms with Crippen LogP contribution in [0.2, 0.25) is 0 Å².